The van der Waals surface area contributed by atoms with Crippen LogP contribution in [0.15, 0.2) is 11.6 Å². The van der Waals surface area contributed by atoms with Crippen LogP contribution in [-0.2, 0) is 9.53 Å². The third-order valence-corrected chi connectivity index (χ3v) is 10.9. The highest BCUT2D eigenvalue weighted by molar-refractivity contribution is 6.26. The average Bonchev–Trinajstić information content (AvgIpc) is 3.11. The van der Waals surface area contributed by atoms with Crippen LogP contribution in [-0.4, -0.2) is 18.0 Å². The Bertz CT molecular complexity index is 714. The summed E-state index contributed by atoms with van der Waals surface area (Å²) in [5, 5.41) is 0. The molecule has 0 N–H and O–H groups in total. The van der Waals surface area contributed by atoms with Gasteiger partial charge >= 0.3 is 5.97 Å². The lowest BCUT2D eigenvalue weighted by molar-refractivity contribution is -0.148. The number of hydrogen-bond donors (Lipinski definition) is 0. The second kappa shape index (κ2) is 9.63. The lowest BCUT2D eigenvalue weighted by Crippen LogP contribution is -2.51. The Morgan fingerprint density at radius 3 is 2.59 bits per heavy atom. The fraction of sp³-hybridized carbons (Fsp3) is 0.897. The van der Waals surface area contributed by atoms with Crippen molar-refractivity contribution >= 4 is 17.6 Å². The first-order valence-electron chi connectivity index (χ1n) is 13.6. The van der Waals surface area contributed by atoms with Gasteiger partial charge < -0.3 is 4.74 Å². The van der Waals surface area contributed by atoms with Crippen molar-refractivity contribution in [2.24, 2.45) is 46.3 Å². The Kier molecular flexibility index (Phi) is 7.41. The summed E-state index contributed by atoms with van der Waals surface area (Å²) in [7, 11) is 0. The molecule has 0 aliphatic heterocycles. The number of rotatable bonds is 7. The zero-order chi connectivity index (χ0) is 23.1. The minimum Gasteiger partial charge on any atom is -0.461 e. The van der Waals surface area contributed by atoms with Gasteiger partial charge in [0.15, 0.2) is 0 Å². The number of alkyl halides is 1. The Labute approximate surface area is 202 Å². The van der Waals surface area contributed by atoms with Gasteiger partial charge in [-0.15, -0.1) is 11.6 Å². The fourth-order valence-corrected chi connectivity index (χ4v) is 9.03. The van der Waals surface area contributed by atoms with Gasteiger partial charge in [-0.2, -0.15) is 0 Å². The summed E-state index contributed by atoms with van der Waals surface area (Å²) in [4.78, 5) is 11.7. The monoisotopic (exact) mass is 462 g/mol. The molecule has 32 heavy (non-hydrogen) atoms. The predicted octanol–water partition coefficient (Wildman–Crippen LogP) is 8.18. The molecule has 0 aromatic rings. The number of fused-ring (bicyclic) bond motifs is 5. The molecule has 0 amide bonds. The summed E-state index contributed by atoms with van der Waals surface area (Å²) < 4.78 is 5.63. The number of allylic oxidation sites excluding steroid dienone is 1. The molecular formula is C29H47ClO2. The number of carbonyl (C=O) groups is 1. The zero-order valence-corrected chi connectivity index (χ0v) is 22.1. The number of carbonyl (C=O) groups excluding carboxylic acids is 1. The molecule has 2 nitrogen and oxygen atoms in total. The van der Waals surface area contributed by atoms with Gasteiger partial charge in [0.1, 0.15) is 12.0 Å². The standard InChI is InChI=1S/C29H47ClO2/c1-19(2)7-6-8-20(3)24-11-12-25-23-10-9-21-17-22(32-27(31)18-30)13-15-28(21,4)26(23)14-16-29(24,25)5/h9,19-20,22-26H,6-8,10-18H2,1-5H3/t20-,22-,23-,24+,25+,26-,28-,29+/m0/s1. The van der Waals surface area contributed by atoms with Gasteiger partial charge in [0, 0.05) is 6.42 Å². The third kappa shape index (κ3) is 4.44. The molecule has 4 aliphatic rings. The third-order valence-electron chi connectivity index (χ3n) is 10.7. The van der Waals surface area contributed by atoms with E-state index in [-0.39, 0.29) is 18.0 Å². The fourth-order valence-electron chi connectivity index (χ4n) is 8.97. The van der Waals surface area contributed by atoms with E-state index in [4.69, 9.17) is 16.3 Å². The van der Waals surface area contributed by atoms with E-state index in [2.05, 4.69) is 40.7 Å². The molecule has 0 saturated heterocycles. The normalized spacial score (nSPS) is 42.0. The molecule has 4 rings (SSSR count). The highest BCUT2D eigenvalue weighted by Gasteiger charge is 2.59. The molecule has 182 valence electrons. The lowest BCUT2D eigenvalue weighted by atomic mass is 9.47. The number of halogens is 1. The van der Waals surface area contributed by atoms with E-state index in [0.29, 0.717) is 10.8 Å². The van der Waals surface area contributed by atoms with Gasteiger partial charge in [-0.05, 0) is 91.3 Å². The zero-order valence-electron chi connectivity index (χ0n) is 21.3. The van der Waals surface area contributed by atoms with Crippen LogP contribution >= 0.6 is 11.6 Å². The minimum atomic E-state index is -0.262. The highest BCUT2D eigenvalue weighted by Crippen LogP contribution is 2.67. The van der Waals surface area contributed by atoms with Crippen LogP contribution < -0.4 is 0 Å². The van der Waals surface area contributed by atoms with Crippen LogP contribution in [0.3, 0.4) is 0 Å². The van der Waals surface area contributed by atoms with Gasteiger partial charge in [0.05, 0.1) is 0 Å². The van der Waals surface area contributed by atoms with E-state index in [0.717, 1.165) is 48.3 Å². The number of esters is 1. The SMILES string of the molecule is CC(C)CCC[C@H](C)[C@H]1CC[C@@H]2[C@@H]3CC=C4C[C@@H](OC(=O)CCl)CC[C@]4(C)[C@H]3CC[C@@]21C. The van der Waals surface area contributed by atoms with Crippen molar-refractivity contribution in [3.05, 3.63) is 11.6 Å². The van der Waals surface area contributed by atoms with E-state index in [1.165, 1.54) is 57.8 Å². The van der Waals surface area contributed by atoms with Crippen molar-refractivity contribution in [1.29, 1.82) is 0 Å². The smallest absolute Gasteiger partial charge is 0.321 e. The predicted molar refractivity (Wildman–Crippen MR) is 134 cm³/mol. The Morgan fingerprint density at radius 2 is 1.88 bits per heavy atom. The lowest BCUT2D eigenvalue weighted by Gasteiger charge is -2.58. The van der Waals surface area contributed by atoms with E-state index in [1.807, 2.05) is 0 Å². The van der Waals surface area contributed by atoms with Crippen molar-refractivity contribution < 1.29 is 9.53 Å². The van der Waals surface area contributed by atoms with Crippen molar-refractivity contribution in [2.45, 2.75) is 111 Å². The molecule has 0 aromatic carbocycles. The van der Waals surface area contributed by atoms with E-state index in [1.54, 1.807) is 5.57 Å². The summed E-state index contributed by atoms with van der Waals surface area (Å²) in [6, 6.07) is 0. The second-order valence-corrected chi connectivity index (χ2v) is 13.0. The highest BCUT2D eigenvalue weighted by atomic mass is 35.5. The molecule has 8 atom stereocenters. The Hall–Kier alpha value is -0.500. The summed E-state index contributed by atoms with van der Waals surface area (Å²) in [6.07, 6.45) is 16.9. The molecule has 4 aliphatic carbocycles. The Balaban J connectivity index is 1.45. The topological polar surface area (TPSA) is 26.3 Å². The largest absolute Gasteiger partial charge is 0.461 e. The first-order chi connectivity index (χ1) is 15.2. The van der Waals surface area contributed by atoms with Crippen LogP contribution in [0.1, 0.15) is 105 Å². The van der Waals surface area contributed by atoms with Gasteiger partial charge in [0.25, 0.3) is 0 Å². The summed E-state index contributed by atoms with van der Waals surface area (Å²) in [5.74, 6) is 4.92. The molecule has 0 spiro atoms. The van der Waals surface area contributed by atoms with Crippen molar-refractivity contribution in [3.63, 3.8) is 0 Å². The number of ether oxygens (including phenoxy) is 1. The van der Waals surface area contributed by atoms with Crippen molar-refractivity contribution in [3.8, 4) is 0 Å². The first kappa shape index (κ1) is 24.6. The number of hydrogen-bond acceptors (Lipinski definition) is 2. The van der Waals surface area contributed by atoms with Gasteiger partial charge in [-0.1, -0.05) is 65.5 Å². The maximum absolute atomic E-state index is 11.7. The van der Waals surface area contributed by atoms with Crippen LogP contribution in [0, 0.1) is 46.3 Å². The summed E-state index contributed by atoms with van der Waals surface area (Å²) in [5.41, 5.74) is 2.44. The average molecular weight is 463 g/mol. The molecule has 3 saturated carbocycles. The summed E-state index contributed by atoms with van der Waals surface area (Å²) in [6.45, 7) is 12.5. The quantitative estimate of drug-likeness (QED) is 0.216. The molecule has 0 unspecified atom stereocenters. The molecule has 0 aromatic heterocycles. The van der Waals surface area contributed by atoms with Gasteiger partial charge in [0.2, 0.25) is 0 Å². The van der Waals surface area contributed by atoms with E-state index >= 15 is 0 Å². The molecule has 3 fully saturated rings. The van der Waals surface area contributed by atoms with Crippen LogP contribution in [0.5, 0.6) is 0 Å². The van der Waals surface area contributed by atoms with Crippen LogP contribution in [0.2, 0.25) is 0 Å². The Morgan fingerprint density at radius 1 is 1.09 bits per heavy atom. The molecule has 0 bridgehead atoms. The van der Waals surface area contributed by atoms with Gasteiger partial charge in [-0.3, -0.25) is 4.79 Å². The van der Waals surface area contributed by atoms with E-state index in [9.17, 15) is 4.79 Å². The molecule has 0 heterocycles. The molecule has 3 heteroatoms. The summed E-state index contributed by atoms with van der Waals surface area (Å²) >= 11 is 5.68. The maximum Gasteiger partial charge on any atom is 0.321 e. The molecular weight excluding hydrogens is 416 g/mol. The van der Waals surface area contributed by atoms with Gasteiger partial charge in [-0.25, -0.2) is 0 Å². The van der Waals surface area contributed by atoms with Crippen molar-refractivity contribution in [2.75, 3.05) is 5.88 Å². The second-order valence-electron chi connectivity index (χ2n) is 12.8. The minimum absolute atomic E-state index is 0.0329. The molecule has 0 radical (unpaired) electrons. The van der Waals surface area contributed by atoms with Crippen molar-refractivity contribution in [1.82, 2.24) is 0 Å². The van der Waals surface area contributed by atoms with E-state index < -0.39 is 0 Å². The van der Waals surface area contributed by atoms with Crippen LogP contribution in [0.4, 0.5) is 0 Å². The van der Waals surface area contributed by atoms with Crippen LogP contribution in [0.25, 0.3) is 0 Å². The maximum atomic E-state index is 11.7. The first-order valence-corrected chi connectivity index (χ1v) is 14.2.